The maximum absolute atomic E-state index is 13.6. The first-order chi connectivity index (χ1) is 7.46. The van der Waals surface area contributed by atoms with Gasteiger partial charge < -0.3 is 9.47 Å². The van der Waals surface area contributed by atoms with Crippen LogP contribution in [0.5, 0.6) is 11.5 Å². The molecule has 0 heterocycles. The highest BCUT2D eigenvalue weighted by Gasteiger charge is 2.31. The molecule has 0 saturated heterocycles. The molecule has 0 unspecified atom stereocenters. The maximum atomic E-state index is 13.6. The molecule has 2 nitrogen and oxygen atoms in total. The summed E-state index contributed by atoms with van der Waals surface area (Å²) in [6, 6.07) is 2.91. The van der Waals surface area contributed by atoms with Crippen LogP contribution in [0, 0.1) is 6.92 Å². The first-order valence-electron chi connectivity index (χ1n) is 5.07. The van der Waals surface area contributed by atoms with Gasteiger partial charge in [0.1, 0.15) is 0 Å². The largest absolute Gasteiger partial charge is 0.493 e. The molecule has 0 fully saturated rings. The number of ether oxygens (including phenoxy) is 2. The second kappa shape index (κ2) is 4.68. The topological polar surface area (TPSA) is 18.5 Å². The molecule has 1 aromatic carbocycles. The monoisotopic (exact) mass is 230 g/mol. The molecule has 1 rings (SSSR count). The van der Waals surface area contributed by atoms with Crippen LogP contribution in [0.15, 0.2) is 12.1 Å². The number of alkyl halides is 2. The van der Waals surface area contributed by atoms with Crippen molar-refractivity contribution in [1.82, 2.24) is 0 Å². The molecule has 0 aliphatic carbocycles. The standard InChI is InChI=1S/C12H16F2O2/c1-5-12(13,14)9-7-11(16-4)10(15-3)6-8(9)2/h6-7H,5H2,1-4H3. The van der Waals surface area contributed by atoms with Gasteiger partial charge in [-0.05, 0) is 24.6 Å². The van der Waals surface area contributed by atoms with Gasteiger partial charge in [0.2, 0.25) is 0 Å². The lowest BCUT2D eigenvalue weighted by molar-refractivity contribution is -0.00912. The van der Waals surface area contributed by atoms with Crippen LogP contribution in [0.1, 0.15) is 24.5 Å². The second-order valence-electron chi connectivity index (χ2n) is 3.58. The molecule has 0 aromatic heterocycles. The van der Waals surface area contributed by atoms with E-state index in [0.717, 1.165) is 0 Å². The number of halogens is 2. The van der Waals surface area contributed by atoms with Crippen LogP contribution in [0.2, 0.25) is 0 Å². The van der Waals surface area contributed by atoms with E-state index in [1.807, 2.05) is 0 Å². The molecule has 0 amide bonds. The molecule has 0 N–H and O–H groups in total. The van der Waals surface area contributed by atoms with Crippen LogP contribution in [-0.4, -0.2) is 14.2 Å². The van der Waals surface area contributed by atoms with Gasteiger partial charge >= 0.3 is 0 Å². The van der Waals surface area contributed by atoms with Crippen molar-refractivity contribution in [3.05, 3.63) is 23.3 Å². The molecule has 90 valence electrons. The quantitative estimate of drug-likeness (QED) is 0.788. The van der Waals surface area contributed by atoms with Crippen LogP contribution in [0.25, 0.3) is 0 Å². The molecular formula is C12H16F2O2. The normalized spacial score (nSPS) is 11.4. The van der Waals surface area contributed by atoms with Gasteiger partial charge in [-0.15, -0.1) is 0 Å². The summed E-state index contributed by atoms with van der Waals surface area (Å²) in [4.78, 5) is 0. The zero-order valence-corrected chi connectivity index (χ0v) is 9.93. The van der Waals surface area contributed by atoms with Crippen molar-refractivity contribution in [3.8, 4) is 11.5 Å². The SMILES string of the molecule is CCC(F)(F)c1cc(OC)c(OC)cc1C. The smallest absolute Gasteiger partial charge is 0.273 e. The predicted molar refractivity (Wildman–Crippen MR) is 58.5 cm³/mol. The minimum absolute atomic E-state index is 0.00681. The van der Waals surface area contributed by atoms with E-state index in [2.05, 4.69) is 0 Å². The summed E-state index contributed by atoms with van der Waals surface area (Å²) < 4.78 is 37.3. The Morgan fingerprint density at radius 3 is 2.06 bits per heavy atom. The Bertz CT molecular complexity index is 376. The molecule has 1 aromatic rings. The van der Waals surface area contributed by atoms with Gasteiger partial charge in [0, 0.05) is 12.0 Å². The van der Waals surface area contributed by atoms with Crippen LogP contribution in [-0.2, 0) is 5.92 Å². The Balaban J connectivity index is 3.32. The van der Waals surface area contributed by atoms with E-state index < -0.39 is 5.92 Å². The van der Waals surface area contributed by atoms with Gasteiger partial charge in [-0.25, -0.2) is 8.78 Å². The summed E-state index contributed by atoms with van der Waals surface area (Å²) in [6.45, 7) is 3.09. The van der Waals surface area contributed by atoms with E-state index in [1.54, 1.807) is 13.0 Å². The van der Waals surface area contributed by atoms with Crippen molar-refractivity contribution < 1.29 is 18.3 Å². The summed E-state index contributed by atoms with van der Waals surface area (Å²) in [6.07, 6.45) is -0.233. The van der Waals surface area contributed by atoms with Crippen molar-refractivity contribution in [2.45, 2.75) is 26.2 Å². The van der Waals surface area contributed by atoms with Crippen molar-refractivity contribution in [2.75, 3.05) is 14.2 Å². The van der Waals surface area contributed by atoms with E-state index >= 15 is 0 Å². The molecular weight excluding hydrogens is 214 g/mol. The Morgan fingerprint density at radius 1 is 1.12 bits per heavy atom. The average molecular weight is 230 g/mol. The van der Waals surface area contributed by atoms with Crippen LogP contribution in [0.4, 0.5) is 8.78 Å². The Hall–Kier alpha value is -1.32. The third-order valence-corrected chi connectivity index (χ3v) is 2.57. The van der Waals surface area contributed by atoms with Crippen LogP contribution in [0.3, 0.4) is 0 Å². The molecule has 0 spiro atoms. The van der Waals surface area contributed by atoms with Gasteiger partial charge in [0.15, 0.2) is 11.5 Å². The van der Waals surface area contributed by atoms with E-state index in [-0.39, 0.29) is 12.0 Å². The third-order valence-electron chi connectivity index (χ3n) is 2.57. The number of rotatable bonds is 4. The number of methoxy groups -OCH3 is 2. The Labute approximate surface area is 94.2 Å². The van der Waals surface area contributed by atoms with E-state index in [0.29, 0.717) is 17.1 Å². The van der Waals surface area contributed by atoms with Crippen molar-refractivity contribution >= 4 is 0 Å². The zero-order chi connectivity index (χ0) is 12.3. The van der Waals surface area contributed by atoms with Gasteiger partial charge in [-0.2, -0.15) is 0 Å². The predicted octanol–water partition coefficient (Wildman–Crippen LogP) is 3.51. The van der Waals surface area contributed by atoms with Crippen molar-refractivity contribution in [1.29, 1.82) is 0 Å². The minimum Gasteiger partial charge on any atom is -0.493 e. The number of aryl methyl sites for hydroxylation is 1. The fourth-order valence-electron chi connectivity index (χ4n) is 1.57. The summed E-state index contributed by atoms with van der Waals surface area (Å²) >= 11 is 0. The molecule has 0 radical (unpaired) electrons. The van der Waals surface area contributed by atoms with E-state index in [4.69, 9.17) is 9.47 Å². The number of hydrogen-bond acceptors (Lipinski definition) is 2. The molecule has 4 heteroatoms. The maximum Gasteiger partial charge on any atom is 0.273 e. The molecule has 16 heavy (non-hydrogen) atoms. The number of hydrogen-bond donors (Lipinski definition) is 0. The molecule has 0 aliphatic rings. The molecule has 0 aliphatic heterocycles. The van der Waals surface area contributed by atoms with E-state index in [1.165, 1.54) is 27.2 Å². The minimum atomic E-state index is -2.83. The second-order valence-corrected chi connectivity index (χ2v) is 3.58. The average Bonchev–Trinajstić information content (AvgIpc) is 2.28. The number of benzene rings is 1. The van der Waals surface area contributed by atoms with Gasteiger partial charge in [0.05, 0.1) is 14.2 Å². The highest BCUT2D eigenvalue weighted by molar-refractivity contribution is 5.48. The fraction of sp³-hybridized carbons (Fsp3) is 0.500. The van der Waals surface area contributed by atoms with Crippen LogP contribution >= 0.6 is 0 Å². The first-order valence-corrected chi connectivity index (χ1v) is 5.07. The molecule has 0 saturated carbocycles. The van der Waals surface area contributed by atoms with Gasteiger partial charge in [-0.3, -0.25) is 0 Å². The van der Waals surface area contributed by atoms with Gasteiger partial charge in [0.25, 0.3) is 5.92 Å². The molecule has 0 bridgehead atoms. The van der Waals surface area contributed by atoms with Crippen LogP contribution < -0.4 is 9.47 Å². The summed E-state index contributed by atoms with van der Waals surface area (Å²) in [5, 5.41) is 0. The lowest BCUT2D eigenvalue weighted by atomic mass is 10.00. The zero-order valence-electron chi connectivity index (χ0n) is 9.93. The summed E-state index contributed by atoms with van der Waals surface area (Å²) in [5.41, 5.74) is 0.497. The third kappa shape index (κ3) is 2.26. The van der Waals surface area contributed by atoms with Crippen molar-refractivity contribution in [2.24, 2.45) is 0 Å². The molecule has 0 atom stereocenters. The first kappa shape index (κ1) is 12.7. The summed E-state index contributed by atoms with van der Waals surface area (Å²) in [7, 11) is 2.91. The van der Waals surface area contributed by atoms with Gasteiger partial charge in [-0.1, -0.05) is 6.92 Å². The lowest BCUT2D eigenvalue weighted by Gasteiger charge is -2.19. The Kier molecular flexibility index (Phi) is 3.73. The van der Waals surface area contributed by atoms with E-state index in [9.17, 15) is 8.78 Å². The highest BCUT2D eigenvalue weighted by atomic mass is 19.3. The highest BCUT2D eigenvalue weighted by Crippen LogP contribution is 2.39. The summed E-state index contributed by atoms with van der Waals surface area (Å²) in [5.74, 6) is -2.03. The Morgan fingerprint density at radius 2 is 1.62 bits per heavy atom. The van der Waals surface area contributed by atoms with Crippen molar-refractivity contribution in [3.63, 3.8) is 0 Å². The fourth-order valence-corrected chi connectivity index (χ4v) is 1.57. The lowest BCUT2D eigenvalue weighted by Crippen LogP contribution is -2.13.